The van der Waals surface area contributed by atoms with E-state index in [-0.39, 0.29) is 24.1 Å². The minimum Gasteiger partial charge on any atom is -0.390 e. The van der Waals surface area contributed by atoms with E-state index in [4.69, 9.17) is 10.7 Å². The molecule has 138 valence electrons. The number of aliphatic hydroxyl groups excluding tert-OH is 1. The Morgan fingerprint density at radius 3 is 2.56 bits per heavy atom. The van der Waals surface area contributed by atoms with Gasteiger partial charge in [-0.05, 0) is 48.5 Å². The minimum atomic E-state index is -0.0536. The Labute approximate surface area is 151 Å². The van der Waals surface area contributed by atoms with Crippen LogP contribution in [0.3, 0.4) is 0 Å². The first-order valence-electron chi connectivity index (χ1n) is 9.63. The second-order valence-corrected chi connectivity index (χ2v) is 8.54. The highest BCUT2D eigenvalue weighted by Crippen LogP contribution is 2.45. The summed E-state index contributed by atoms with van der Waals surface area (Å²) in [4.78, 5) is 4.91. The molecular weight excluding hydrogens is 310 g/mol. The molecule has 2 fully saturated rings. The highest BCUT2D eigenvalue weighted by molar-refractivity contribution is 6.06. The summed E-state index contributed by atoms with van der Waals surface area (Å²) in [6.45, 7) is 6.69. The second-order valence-electron chi connectivity index (χ2n) is 8.54. The number of hydrogen-bond donors (Lipinski definition) is 3. The monoisotopic (exact) mass is 343 g/mol. The maximum absolute atomic E-state index is 10.0. The van der Waals surface area contributed by atoms with E-state index in [1.807, 2.05) is 7.05 Å². The van der Waals surface area contributed by atoms with Crippen LogP contribution >= 0.6 is 0 Å². The largest absolute Gasteiger partial charge is 0.390 e. The summed E-state index contributed by atoms with van der Waals surface area (Å²) in [5, 5.41) is 13.4. The van der Waals surface area contributed by atoms with E-state index in [0.29, 0.717) is 5.92 Å². The Kier molecular flexibility index (Phi) is 5.21. The lowest BCUT2D eigenvalue weighted by Gasteiger charge is -2.36. The molecule has 0 bridgehead atoms. The summed E-state index contributed by atoms with van der Waals surface area (Å²) >= 11 is 0. The van der Waals surface area contributed by atoms with Crippen LogP contribution in [-0.4, -0.2) is 36.6 Å². The van der Waals surface area contributed by atoms with Crippen LogP contribution in [0.25, 0.3) is 0 Å². The van der Waals surface area contributed by atoms with Gasteiger partial charge >= 0.3 is 0 Å². The minimum absolute atomic E-state index is 0.0434. The van der Waals surface area contributed by atoms with Gasteiger partial charge in [0.1, 0.15) is 0 Å². The normalized spacial score (nSPS) is 31.7. The molecule has 2 aliphatic rings. The lowest BCUT2D eigenvalue weighted by Crippen LogP contribution is -2.39. The van der Waals surface area contributed by atoms with Crippen LogP contribution in [0.15, 0.2) is 23.2 Å². The van der Waals surface area contributed by atoms with Crippen molar-refractivity contribution in [1.82, 2.24) is 0 Å². The lowest BCUT2D eigenvalue weighted by atomic mass is 9.70. The zero-order valence-corrected chi connectivity index (χ0v) is 16.0. The van der Waals surface area contributed by atoms with Crippen LogP contribution in [0.4, 0.5) is 5.69 Å². The number of aliphatic imine (C=N–C) groups is 1. The number of para-hydroxylation sites is 1. The molecule has 4 atom stereocenters. The molecule has 0 amide bonds. The first kappa shape index (κ1) is 18.4. The van der Waals surface area contributed by atoms with Gasteiger partial charge in [0, 0.05) is 24.3 Å². The molecule has 2 aliphatic carbocycles. The summed E-state index contributed by atoms with van der Waals surface area (Å²) in [7, 11) is 1.96. The van der Waals surface area contributed by atoms with Gasteiger partial charge in [-0.3, -0.25) is 4.99 Å². The van der Waals surface area contributed by atoms with E-state index in [1.165, 1.54) is 18.4 Å². The standard InChI is InChI=1S/C21H33N3O/c1-13-8-9-14(13)15-6-5-7-16(19(15)23-4)18(12-25)24-17-10-11-21(2,3)20(17)22/h5-7,13-14,17,20,23,25H,8-12,22H2,1-4H3/t13?,14?,17?,20-/m1/s1. The van der Waals surface area contributed by atoms with Gasteiger partial charge in [0.15, 0.2) is 0 Å². The SMILES string of the molecule is CNc1c(C(CO)=NC2CCC(C)(C)[C@@H]2N)cccc1C1CCC1C. The Bertz CT molecular complexity index is 653. The first-order valence-corrected chi connectivity index (χ1v) is 9.63. The molecule has 1 aromatic rings. The average Bonchev–Trinajstić information content (AvgIpc) is 2.84. The molecule has 0 aliphatic heterocycles. The maximum atomic E-state index is 10.0. The van der Waals surface area contributed by atoms with Gasteiger partial charge in [0.25, 0.3) is 0 Å². The summed E-state index contributed by atoms with van der Waals surface area (Å²) in [5.41, 5.74) is 10.8. The van der Waals surface area contributed by atoms with E-state index in [2.05, 4.69) is 44.3 Å². The molecule has 0 spiro atoms. The van der Waals surface area contributed by atoms with Gasteiger partial charge in [0.05, 0.1) is 18.4 Å². The summed E-state index contributed by atoms with van der Waals surface area (Å²) in [6.07, 6.45) is 4.61. The van der Waals surface area contributed by atoms with Gasteiger partial charge in [-0.2, -0.15) is 0 Å². The van der Waals surface area contributed by atoms with Crippen molar-refractivity contribution in [2.24, 2.45) is 22.1 Å². The second kappa shape index (κ2) is 7.08. The molecule has 25 heavy (non-hydrogen) atoms. The highest BCUT2D eigenvalue weighted by atomic mass is 16.3. The molecule has 3 unspecified atom stereocenters. The Balaban J connectivity index is 1.96. The third-order valence-corrected chi connectivity index (χ3v) is 6.55. The van der Waals surface area contributed by atoms with E-state index >= 15 is 0 Å². The van der Waals surface area contributed by atoms with Crippen molar-refractivity contribution in [3.8, 4) is 0 Å². The molecule has 0 aromatic heterocycles. The third-order valence-electron chi connectivity index (χ3n) is 6.55. The fraction of sp³-hybridized carbons (Fsp3) is 0.667. The molecule has 3 rings (SSSR count). The molecule has 0 saturated heterocycles. The fourth-order valence-corrected chi connectivity index (χ4v) is 4.45. The Morgan fingerprint density at radius 2 is 2.08 bits per heavy atom. The maximum Gasteiger partial charge on any atom is 0.0855 e. The van der Waals surface area contributed by atoms with Crippen molar-refractivity contribution in [3.05, 3.63) is 29.3 Å². The molecule has 4 nitrogen and oxygen atoms in total. The van der Waals surface area contributed by atoms with Crippen molar-refractivity contribution in [2.45, 2.75) is 64.5 Å². The number of nitrogens with two attached hydrogens (primary N) is 1. The van der Waals surface area contributed by atoms with Crippen LogP contribution in [-0.2, 0) is 0 Å². The van der Waals surface area contributed by atoms with Crippen molar-refractivity contribution in [2.75, 3.05) is 19.0 Å². The van der Waals surface area contributed by atoms with E-state index < -0.39 is 0 Å². The molecule has 2 saturated carbocycles. The van der Waals surface area contributed by atoms with Crippen LogP contribution in [0, 0.1) is 11.3 Å². The fourth-order valence-electron chi connectivity index (χ4n) is 4.45. The number of anilines is 1. The van der Waals surface area contributed by atoms with Gasteiger partial charge in [-0.15, -0.1) is 0 Å². The molecule has 0 radical (unpaired) electrons. The molecule has 1 aromatic carbocycles. The lowest BCUT2D eigenvalue weighted by molar-refractivity contribution is 0.281. The predicted octanol–water partition coefficient (Wildman–Crippen LogP) is 3.54. The van der Waals surface area contributed by atoms with E-state index in [9.17, 15) is 5.11 Å². The van der Waals surface area contributed by atoms with Crippen LogP contribution in [0.5, 0.6) is 0 Å². The van der Waals surface area contributed by atoms with Crippen molar-refractivity contribution in [1.29, 1.82) is 0 Å². The number of hydrogen-bond acceptors (Lipinski definition) is 4. The quantitative estimate of drug-likeness (QED) is 0.716. The Morgan fingerprint density at radius 1 is 1.32 bits per heavy atom. The number of aliphatic hydroxyl groups is 1. The van der Waals surface area contributed by atoms with Crippen LogP contribution < -0.4 is 11.1 Å². The number of benzene rings is 1. The van der Waals surface area contributed by atoms with Crippen molar-refractivity contribution >= 4 is 11.4 Å². The number of nitrogens with zero attached hydrogens (tertiary/aromatic N) is 1. The summed E-state index contributed by atoms with van der Waals surface area (Å²) in [5.74, 6) is 1.33. The van der Waals surface area contributed by atoms with Gasteiger partial charge in [-0.25, -0.2) is 0 Å². The van der Waals surface area contributed by atoms with Gasteiger partial charge in [-0.1, -0.05) is 39.0 Å². The summed E-state index contributed by atoms with van der Waals surface area (Å²) in [6, 6.07) is 6.52. The van der Waals surface area contributed by atoms with E-state index in [0.717, 1.165) is 35.7 Å². The number of nitrogens with one attached hydrogen (secondary N) is 1. The zero-order valence-electron chi connectivity index (χ0n) is 16.0. The molecule has 4 N–H and O–H groups in total. The van der Waals surface area contributed by atoms with Gasteiger partial charge in [0.2, 0.25) is 0 Å². The topological polar surface area (TPSA) is 70.6 Å². The van der Waals surface area contributed by atoms with E-state index in [1.54, 1.807) is 0 Å². The van der Waals surface area contributed by atoms with Crippen LogP contribution in [0.1, 0.15) is 63.5 Å². The third kappa shape index (κ3) is 3.34. The molecular formula is C21H33N3O. The van der Waals surface area contributed by atoms with Crippen molar-refractivity contribution < 1.29 is 5.11 Å². The molecule has 0 heterocycles. The summed E-state index contributed by atoms with van der Waals surface area (Å²) < 4.78 is 0. The molecule has 4 heteroatoms. The average molecular weight is 344 g/mol. The van der Waals surface area contributed by atoms with Gasteiger partial charge < -0.3 is 16.2 Å². The predicted molar refractivity (Wildman–Crippen MR) is 106 cm³/mol. The Hall–Kier alpha value is -1.39. The highest BCUT2D eigenvalue weighted by Gasteiger charge is 2.39. The van der Waals surface area contributed by atoms with Crippen molar-refractivity contribution in [3.63, 3.8) is 0 Å². The first-order chi connectivity index (χ1) is 11.9. The van der Waals surface area contributed by atoms with Crippen LogP contribution in [0.2, 0.25) is 0 Å². The number of rotatable bonds is 5. The smallest absolute Gasteiger partial charge is 0.0855 e. The zero-order chi connectivity index (χ0) is 18.2.